The number of benzene rings is 3. The Labute approximate surface area is 212 Å². The molecular weight excluding hydrogens is 450 g/mol. The van der Waals surface area contributed by atoms with E-state index < -0.39 is 5.97 Å². The van der Waals surface area contributed by atoms with Crippen molar-refractivity contribution in [2.24, 2.45) is 0 Å². The topological polar surface area (TPSA) is 67.6 Å². The molecule has 0 atom stereocenters. The van der Waals surface area contributed by atoms with Gasteiger partial charge >= 0.3 is 5.97 Å². The Kier molecular flexibility index (Phi) is 8.53. The van der Waals surface area contributed by atoms with Gasteiger partial charge in [-0.2, -0.15) is 0 Å². The monoisotopic (exact) mass is 483 g/mol. The van der Waals surface area contributed by atoms with Crippen LogP contribution >= 0.6 is 0 Å². The molecule has 1 heterocycles. The molecule has 0 spiro atoms. The van der Waals surface area contributed by atoms with Crippen molar-refractivity contribution in [2.45, 2.75) is 45.9 Å². The van der Waals surface area contributed by atoms with Crippen molar-refractivity contribution in [3.8, 4) is 17.1 Å². The smallest absolute Gasteiger partial charge is 0.335 e. The number of carboxylic acids is 1. The first-order chi connectivity index (χ1) is 17.6. The minimum atomic E-state index is -0.912. The van der Waals surface area contributed by atoms with Crippen LogP contribution in [0.1, 0.15) is 46.9 Å². The number of methoxy groups -OCH3 is 1. The molecule has 0 bridgehead atoms. The molecule has 36 heavy (non-hydrogen) atoms. The largest absolute Gasteiger partial charge is 0.497 e. The van der Waals surface area contributed by atoms with E-state index in [1.54, 1.807) is 19.2 Å². The van der Waals surface area contributed by atoms with Gasteiger partial charge in [0.05, 0.1) is 24.6 Å². The molecule has 0 saturated heterocycles. The van der Waals surface area contributed by atoms with Crippen molar-refractivity contribution in [3.63, 3.8) is 0 Å². The molecule has 0 aliphatic rings. The maximum absolute atomic E-state index is 11.3. The minimum absolute atomic E-state index is 0.297. The Morgan fingerprint density at radius 2 is 1.56 bits per heavy atom. The van der Waals surface area contributed by atoms with Crippen LogP contribution in [0.5, 0.6) is 5.75 Å². The zero-order valence-electron chi connectivity index (χ0n) is 20.9. The Bertz CT molecular complexity index is 1250. The van der Waals surface area contributed by atoms with E-state index >= 15 is 0 Å². The molecule has 0 amide bonds. The number of hydrogen-bond acceptors (Lipinski definition) is 4. The third kappa shape index (κ3) is 6.40. The Hall–Kier alpha value is -3.90. The number of rotatable bonds is 12. The van der Waals surface area contributed by atoms with Crippen molar-refractivity contribution in [3.05, 3.63) is 107 Å². The van der Waals surface area contributed by atoms with Crippen molar-refractivity contribution >= 4 is 5.97 Å². The van der Waals surface area contributed by atoms with Crippen LogP contribution in [0.15, 0.2) is 85.1 Å². The maximum atomic E-state index is 11.3. The lowest BCUT2D eigenvalue weighted by molar-refractivity contribution is 0.0697. The SMILES string of the molecule is CCCCn1c(CN(Cc2ccc(OC)cc2)Cc2ccc(C(=O)O)cc2)cnc1-c1ccccc1. The zero-order chi connectivity index (χ0) is 25.3. The normalized spacial score (nSPS) is 11.1. The standard InChI is InChI=1S/C30H33N3O3/c1-3-4-18-33-27(19-31-29(33)25-8-6-5-7-9-25)22-32(21-24-12-16-28(36-2)17-13-24)20-23-10-14-26(15-11-23)30(34)35/h5-17,19H,3-4,18,20-22H2,1-2H3,(H,34,35). The lowest BCUT2D eigenvalue weighted by Crippen LogP contribution is -2.24. The second-order valence-corrected chi connectivity index (χ2v) is 8.94. The first-order valence-electron chi connectivity index (χ1n) is 12.3. The first-order valence-corrected chi connectivity index (χ1v) is 12.3. The number of carbonyl (C=O) groups is 1. The molecule has 0 aliphatic heterocycles. The van der Waals surface area contributed by atoms with E-state index in [0.29, 0.717) is 12.1 Å². The first kappa shape index (κ1) is 25.2. The number of ether oxygens (including phenoxy) is 1. The summed E-state index contributed by atoms with van der Waals surface area (Å²) in [6, 6.07) is 25.6. The fourth-order valence-electron chi connectivity index (χ4n) is 4.32. The number of carboxylic acid groups (broad SMARTS) is 1. The van der Waals surface area contributed by atoms with E-state index in [9.17, 15) is 9.90 Å². The van der Waals surface area contributed by atoms with E-state index in [4.69, 9.17) is 9.72 Å². The minimum Gasteiger partial charge on any atom is -0.497 e. The predicted octanol–water partition coefficient (Wildman–Crippen LogP) is 6.26. The summed E-state index contributed by atoms with van der Waals surface area (Å²) >= 11 is 0. The van der Waals surface area contributed by atoms with Gasteiger partial charge < -0.3 is 14.4 Å². The van der Waals surface area contributed by atoms with Crippen LogP contribution in [0.2, 0.25) is 0 Å². The Balaban J connectivity index is 1.63. The summed E-state index contributed by atoms with van der Waals surface area (Å²) in [4.78, 5) is 18.5. The van der Waals surface area contributed by atoms with Gasteiger partial charge in [0, 0.05) is 31.7 Å². The lowest BCUT2D eigenvalue weighted by atomic mass is 10.1. The quantitative estimate of drug-likeness (QED) is 0.258. The molecule has 3 aromatic carbocycles. The number of nitrogens with zero attached hydrogens (tertiary/aromatic N) is 3. The second kappa shape index (κ2) is 12.2. The van der Waals surface area contributed by atoms with Gasteiger partial charge in [-0.3, -0.25) is 4.90 Å². The summed E-state index contributed by atoms with van der Waals surface area (Å²) in [5, 5.41) is 9.26. The van der Waals surface area contributed by atoms with Crippen molar-refractivity contribution in [1.82, 2.24) is 14.5 Å². The highest BCUT2D eigenvalue weighted by molar-refractivity contribution is 5.87. The van der Waals surface area contributed by atoms with Crippen LogP contribution in [0.3, 0.4) is 0 Å². The summed E-state index contributed by atoms with van der Waals surface area (Å²) in [6.07, 6.45) is 4.18. The van der Waals surface area contributed by atoms with Crippen LogP contribution in [-0.2, 0) is 26.2 Å². The van der Waals surface area contributed by atoms with Crippen molar-refractivity contribution in [1.29, 1.82) is 0 Å². The Morgan fingerprint density at radius 1 is 0.917 bits per heavy atom. The fraction of sp³-hybridized carbons (Fsp3) is 0.267. The highest BCUT2D eigenvalue weighted by Crippen LogP contribution is 2.23. The maximum Gasteiger partial charge on any atom is 0.335 e. The molecule has 1 N–H and O–H groups in total. The van der Waals surface area contributed by atoms with Gasteiger partial charge in [-0.1, -0.05) is 67.9 Å². The van der Waals surface area contributed by atoms with E-state index in [1.165, 1.54) is 5.56 Å². The molecule has 4 rings (SSSR count). The zero-order valence-corrected chi connectivity index (χ0v) is 20.9. The summed E-state index contributed by atoms with van der Waals surface area (Å²) in [6.45, 7) is 5.27. The molecule has 0 radical (unpaired) electrons. The van der Waals surface area contributed by atoms with Gasteiger partial charge in [0.25, 0.3) is 0 Å². The van der Waals surface area contributed by atoms with Crippen LogP contribution < -0.4 is 4.74 Å². The van der Waals surface area contributed by atoms with E-state index in [0.717, 1.165) is 60.9 Å². The highest BCUT2D eigenvalue weighted by atomic mass is 16.5. The number of aromatic carboxylic acids is 1. The molecule has 4 aromatic rings. The van der Waals surface area contributed by atoms with Crippen LogP contribution in [-0.4, -0.2) is 32.6 Å². The van der Waals surface area contributed by atoms with Gasteiger partial charge in [-0.25, -0.2) is 9.78 Å². The molecule has 1 aromatic heterocycles. The number of aromatic nitrogens is 2. The molecule has 6 nitrogen and oxygen atoms in total. The van der Waals surface area contributed by atoms with Gasteiger partial charge in [0.15, 0.2) is 0 Å². The average Bonchev–Trinajstić information content (AvgIpc) is 3.30. The summed E-state index contributed by atoms with van der Waals surface area (Å²) < 4.78 is 7.66. The summed E-state index contributed by atoms with van der Waals surface area (Å²) in [5.74, 6) is 0.916. The van der Waals surface area contributed by atoms with Crippen molar-refractivity contribution in [2.75, 3.05) is 7.11 Å². The Morgan fingerprint density at radius 3 is 2.14 bits per heavy atom. The molecule has 0 fully saturated rings. The molecule has 0 saturated carbocycles. The van der Waals surface area contributed by atoms with Gasteiger partial charge in [-0.15, -0.1) is 0 Å². The predicted molar refractivity (Wildman–Crippen MR) is 142 cm³/mol. The number of imidazole rings is 1. The molecular formula is C30H33N3O3. The van der Waals surface area contributed by atoms with Crippen molar-refractivity contribution < 1.29 is 14.6 Å². The third-order valence-corrected chi connectivity index (χ3v) is 6.26. The highest BCUT2D eigenvalue weighted by Gasteiger charge is 2.16. The number of unbranched alkanes of at least 4 members (excludes halogenated alkanes) is 1. The van der Waals surface area contributed by atoms with Crippen LogP contribution in [0.4, 0.5) is 0 Å². The van der Waals surface area contributed by atoms with Crippen LogP contribution in [0, 0.1) is 0 Å². The molecule has 186 valence electrons. The van der Waals surface area contributed by atoms with E-state index in [-0.39, 0.29) is 0 Å². The van der Waals surface area contributed by atoms with Gasteiger partial charge in [0.1, 0.15) is 11.6 Å². The average molecular weight is 484 g/mol. The number of hydrogen-bond donors (Lipinski definition) is 1. The molecule has 6 heteroatoms. The van der Waals surface area contributed by atoms with E-state index in [1.807, 2.05) is 48.7 Å². The van der Waals surface area contributed by atoms with Gasteiger partial charge in [-0.05, 0) is 41.8 Å². The lowest BCUT2D eigenvalue weighted by Gasteiger charge is -2.24. The molecule has 0 unspecified atom stereocenters. The van der Waals surface area contributed by atoms with Gasteiger partial charge in [0.2, 0.25) is 0 Å². The third-order valence-electron chi connectivity index (χ3n) is 6.26. The fourth-order valence-corrected chi connectivity index (χ4v) is 4.32. The second-order valence-electron chi connectivity index (χ2n) is 8.94. The summed E-state index contributed by atoms with van der Waals surface area (Å²) in [7, 11) is 1.67. The van der Waals surface area contributed by atoms with Crippen LogP contribution in [0.25, 0.3) is 11.4 Å². The summed E-state index contributed by atoms with van der Waals surface area (Å²) in [5.41, 5.74) is 4.83. The van der Waals surface area contributed by atoms with E-state index in [2.05, 4.69) is 40.7 Å². The molecule has 0 aliphatic carbocycles.